The van der Waals surface area contributed by atoms with Crippen molar-refractivity contribution in [3.63, 3.8) is 0 Å². The van der Waals surface area contributed by atoms with E-state index in [1.165, 1.54) is 32.8 Å². The van der Waals surface area contributed by atoms with Crippen LogP contribution in [-0.2, 0) is 0 Å². The van der Waals surface area contributed by atoms with Crippen LogP contribution < -0.4 is 10.3 Å². The van der Waals surface area contributed by atoms with Gasteiger partial charge < -0.3 is 9.84 Å². The van der Waals surface area contributed by atoms with Gasteiger partial charge in [0.2, 0.25) is 0 Å². The van der Waals surface area contributed by atoms with Gasteiger partial charge in [0.05, 0.1) is 29.0 Å². The minimum absolute atomic E-state index is 0.0805. The summed E-state index contributed by atoms with van der Waals surface area (Å²) in [5.74, 6) is 1.26. The van der Waals surface area contributed by atoms with Gasteiger partial charge in [-0.25, -0.2) is 4.99 Å². The third kappa shape index (κ3) is 3.40. The molecule has 144 valence electrons. The summed E-state index contributed by atoms with van der Waals surface area (Å²) in [4.78, 5) is 17.6. The summed E-state index contributed by atoms with van der Waals surface area (Å²) in [6, 6.07) is 5.62. The number of nitrogens with zero attached hydrogens (tertiary/aromatic N) is 2. The second kappa shape index (κ2) is 7.46. The van der Waals surface area contributed by atoms with E-state index < -0.39 is 0 Å². The fraction of sp³-hybridized carbons (Fsp3) is 0.500. The highest BCUT2D eigenvalue weighted by Gasteiger charge is 2.32. The smallest absolute Gasteiger partial charge is 0.271 e. The molecule has 0 amide bonds. The number of phenolic OH excluding ortho intramolecular Hbond substituents is 1. The third-order valence-electron chi connectivity index (χ3n) is 5.45. The van der Waals surface area contributed by atoms with Crippen molar-refractivity contribution in [3.05, 3.63) is 39.7 Å². The average Bonchev–Trinajstić information content (AvgIpc) is 2.84. The Morgan fingerprint density at radius 2 is 2.00 bits per heavy atom. The Morgan fingerprint density at radius 1 is 1.26 bits per heavy atom. The number of H-pyrrole nitrogens is 1. The van der Waals surface area contributed by atoms with Crippen LogP contribution in [0.2, 0.25) is 0 Å². The zero-order valence-electron chi connectivity index (χ0n) is 15.7. The van der Waals surface area contributed by atoms with Crippen LogP contribution in [0.25, 0.3) is 0 Å². The van der Waals surface area contributed by atoms with Crippen LogP contribution in [0.15, 0.2) is 28.0 Å². The molecule has 0 bridgehead atoms. The molecule has 2 aromatic rings. The summed E-state index contributed by atoms with van der Waals surface area (Å²) < 4.78 is 7.15. The van der Waals surface area contributed by atoms with Crippen LogP contribution in [0.3, 0.4) is 0 Å². The van der Waals surface area contributed by atoms with Crippen molar-refractivity contribution in [1.29, 1.82) is 0 Å². The maximum atomic E-state index is 12.9. The van der Waals surface area contributed by atoms with Crippen LogP contribution in [0.5, 0.6) is 11.5 Å². The van der Waals surface area contributed by atoms with E-state index in [4.69, 9.17) is 9.73 Å². The number of aromatic amines is 1. The highest BCUT2D eigenvalue weighted by Crippen LogP contribution is 2.46. The number of aliphatic imine (C=N–C) groups is 1. The number of thioether (sulfide) groups is 1. The van der Waals surface area contributed by atoms with Gasteiger partial charge in [-0.2, -0.15) is 0 Å². The number of ether oxygens (including phenoxy) is 1. The van der Waals surface area contributed by atoms with Gasteiger partial charge >= 0.3 is 0 Å². The summed E-state index contributed by atoms with van der Waals surface area (Å²) in [5.41, 5.74) is 1.47. The fourth-order valence-electron chi connectivity index (χ4n) is 4.09. The van der Waals surface area contributed by atoms with Crippen LogP contribution in [0.4, 0.5) is 5.82 Å². The van der Waals surface area contributed by atoms with Crippen molar-refractivity contribution in [1.82, 2.24) is 9.78 Å². The lowest BCUT2D eigenvalue weighted by molar-refractivity contribution is 0.373. The maximum Gasteiger partial charge on any atom is 0.271 e. The van der Waals surface area contributed by atoms with Crippen molar-refractivity contribution >= 4 is 22.6 Å². The fourth-order valence-corrected chi connectivity index (χ4v) is 5.19. The number of methoxy groups -OCH3 is 1. The molecule has 2 aliphatic rings. The molecule has 0 radical (unpaired) electrons. The molecule has 1 fully saturated rings. The minimum Gasteiger partial charge on any atom is -0.504 e. The maximum absolute atomic E-state index is 12.9. The minimum atomic E-state index is -0.190. The molecule has 1 aromatic heterocycles. The zero-order valence-corrected chi connectivity index (χ0v) is 16.5. The molecule has 2 heterocycles. The van der Waals surface area contributed by atoms with E-state index >= 15 is 0 Å². The molecule has 1 atom stereocenters. The van der Waals surface area contributed by atoms with Crippen molar-refractivity contribution < 1.29 is 9.84 Å². The molecule has 0 saturated heterocycles. The first kappa shape index (κ1) is 18.2. The predicted molar refractivity (Wildman–Crippen MR) is 109 cm³/mol. The average molecular weight is 388 g/mol. The summed E-state index contributed by atoms with van der Waals surface area (Å²) in [5, 5.41) is 14.0. The first-order valence-electron chi connectivity index (χ1n) is 9.51. The molecule has 2 N–H and O–H groups in total. The number of nitrogens with one attached hydrogen (secondary N) is 1. The van der Waals surface area contributed by atoms with E-state index in [-0.39, 0.29) is 16.6 Å². The Hall–Kier alpha value is -2.15. The SMILES string of the molecule is COc1ccc(C2SC(C)=Nc3c2c(=O)[nH]n3C2CCCCCC2)cc1O. The van der Waals surface area contributed by atoms with Crippen molar-refractivity contribution in [2.75, 3.05) is 7.11 Å². The second-order valence-corrected chi connectivity index (χ2v) is 8.55. The van der Waals surface area contributed by atoms with E-state index in [1.807, 2.05) is 17.7 Å². The quantitative estimate of drug-likeness (QED) is 0.750. The summed E-state index contributed by atoms with van der Waals surface area (Å²) in [6.45, 7) is 1.97. The van der Waals surface area contributed by atoms with Gasteiger partial charge in [0.1, 0.15) is 0 Å². The van der Waals surface area contributed by atoms with Crippen LogP contribution in [-0.4, -0.2) is 27.0 Å². The Bertz CT molecular complexity index is 923. The van der Waals surface area contributed by atoms with E-state index in [2.05, 4.69) is 5.10 Å². The molecule has 27 heavy (non-hydrogen) atoms. The second-order valence-electron chi connectivity index (χ2n) is 7.25. The number of fused-ring (bicyclic) bond motifs is 1. The highest BCUT2D eigenvalue weighted by atomic mass is 32.2. The first-order chi connectivity index (χ1) is 13.1. The summed E-state index contributed by atoms with van der Waals surface area (Å²) in [6.07, 6.45) is 7.05. The van der Waals surface area contributed by atoms with E-state index in [9.17, 15) is 9.90 Å². The topological polar surface area (TPSA) is 79.6 Å². The predicted octanol–water partition coefficient (Wildman–Crippen LogP) is 4.67. The van der Waals surface area contributed by atoms with E-state index in [1.54, 1.807) is 23.9 Å². The number of rotatable bonds is 3. The molecule has 1 aromatic carbocycles. The van der Waals surface area contributed by atoms with Crippen molar-refractivity contribution in [2.24, 2.45) is 4.99 Å². The van der Waals surface area contributed by atoms with E-state index in [0.29, 0.717) is 17.4 Å². The number of hydrogen-bond acceptors (Lipinski definition) is 5. The van der Waals surface area contributed by atoms with Gasteiger partial charge in [-0.05, 0) is 37.5 Å². The van der Waals surface area contributed by atoms with E-state index in [0.717, 1.165) is 29.3 Å². The van der Waals surface area contributed by atoms with Crippen LogP contribution in [0, 0.1) is 0 Å². The molecule has 7 heteroatoms. The van der Waals surface area contributed by atoms with Crippen molar-refractivity contribution in [2.45, 2.75) is 56.7 Å². The van der Waals surface area contributed by atoms with Crippen molar-refractivity contribution in [3.8, 4) is 11.5 Å². The molecule has 1 saturated carbocycles. The van der Waals surface area contributed by atoms with Crippen LogP contribution >= 0.6 is 11.8 Å². The Kier molecular flexibility index (Phi) is 5.04. The Labute approximate surface area is 162 Å². The number of aromatic nitrogens is 2. The third-order valence-corrected chi connectivity index (χ3v) is 6.62. The normalized spacial score (nSPS) is 20.7. The molecule has 1 aliphatic carbocycles. The number of aromatic hydroxyl groups is 1. The van der Waals surface area contributed by atoms with Gasteiger partial charge in [0.15, 0.2) is 17.3 Å². The zero-order chi connectivity index (χ0) is 19.0. The number of phenols is 1. The first-order valence-corrected chi connectivity index (χ1v) is 10.4. The number of hydrogen-bond donors (Lipinski definition) is 2. The summed E-state index contributed by atoms with van der Waals surface area (Å²) >= 11 is 1.55. The lowest BCUT2D eigenvalue weighted by atomic mass is 10.0. The van der Waals surface area contributed by atoms with Gasteiger partial charge in [0.25, 0.3) is 5.56 Å². The van der Waals surface area contributed by atoms with Gasteiger partial charge in [-0.1, -0.05) is 43.5 Å². The molecule has 1 unspecified atom stereocenters. The monoisotopic (exact) mass is 387 g/mol. The van der Waals surface area contributed by atoms with Crippen LogP contribution in [0.1, 0.15) is 67.9 Å². The summed E-state index contributed by atoms with van der Waals surface area (Å²) in [7, 11) is 1.52. The lowest BCUT2D eigenvalue weighted by Gasteiger charge is -2.23. The molecule has 4 rings (SSSR count). The number of benzene rings is 1. The molecular weight excluding hydrogens is 362 g/mol. The molecule has 1 aliphatic heterocycles. The standard InChI is InChI=1S/C20H25N3O3S/c1-12-21-19-17(18(27-12)13-9-10-16(26-2)15(24)11-13)20(25)22-23(19)14-7-5-3-4-6-8-14/h9-11,14,18,24H,3-8H2,1-2H3,(H,22,25). The van der Waals surface area contributed by atoms with Gasteiger partial charge in [-0.3, -0.25) is 14.6 Å². The Morgan fingerprint density at radius 3 is 2.67 bits per heavy atom. The molecular formula is C20H25N3O3S. The molecule has 6 nitrogen and oxygen atoms in total. The Balaban J connectivity index is 1.78. The molecule has 0 spiro atoms. The van der Waals surface area contributed by atoms with Gasteiger partial charge in [-0.15, -0.1) is 0 Å². The lowest BCUT2D eigenvalue weighted by Crippen LogP contribution is -2.14. The highest BCUT2D eigenvalue weighted by molar-refractivity contribution is 8.14. The van der Waals surface area contributed by atoms with Gasteiger partial charge in [0, 0.05) is 0 Å². The largest absolute Gasteiger partial charge is 0.504 e.